The van der Waals surface area contributed by atoms with Crippen molar-refractivity contribution in [3.8, 4) is 11.1 Å². The fourth-order valence-electron chi connectivity index (χ4n) is 5.57. The molecule has 0 fully saturated rings. The van der Waals surface area contributed by atoms with Crippen LogP contribution < -0.4 is 10.6 Å². The third-order valence-corrected chi connectivity index (χ3v) is 7.68. The lowest BCUT2D eigenvalue weighted by Crippen LogP contribution is -2.35. The lowest BCUT2D eigenvalue weighted by atomic mass is 9.99. The minimum atomic E-state index is -4.70. The molecule has 6 rings (SSSR count). The second-order valence-electron chi connectivity index (χ2n) is 12.1. The Bertz CT molecular complexity index is 2030. The van der Waals surface area contributed by atoms with Crippen molar-refractivity contribution in [3.63, 3.8) is 0 Å². The Hall–Kier alpha value is -4.91. The van der Waals surface area contributed by atoms with E-state index in [0.29, 0.717) is 30.5 Å². The molecule has 1 aliphatic heterocycles. The van der Waals surface area contributed by atoms with E-state index in [0.717, 1.165) is 42.7 Å². The van der Waals surface area contributed by atoms with Gasteiger partial charge in [0.1, 0.15) is 34.5 Å². The summed E-state index contributed by atoms with van der Waals surface area (Å²) in [5.41, 5.74) is -1.50. The number of hydrogen-bond acceptors (Lipinski definition) is 5. The summed E-state index contributed by atoms with van der Waals surface area (Å²) in [7, 11) is 0. The number of carbonyl (C=O) groups excluding carboxylic acids is 2. The number of ketones is 1. The fourth-order valence-corrected chi connectivity index (χ4v) is 5.57. The van der Waals surface area contributed by atoms with Crippen molar-refractivity contribution >= 4 is 34.1 Å². The molecule has 2 N–H and O–H groups in total. The summed E-state index contributed by atoms with van der Waals surface area (Å²) in [6.07, 6.45) is 1.99. The van der Waals surface area contributed by atoms with Crippen LogP contribution in [-0.2, 0) is 23.9 Å². The Morgan fingerprint density at radius 3 is 2.48 bits per heavy atom. The van der Waals surface area contributed by atoms with Gasteiger partial charge in [-0.25, -0.2) is 18.7 Å². The molecule has 238 valence electrons. The number of aromatic nitrogens is 4. The summed E-state index contributed by atoms with van der Waals surface area (Å²) < 4.78 is 76.1. The topological polar surface area (TPSA) is 93.3 Å². The van der Waals surface area contributed by atoms with Gasteiger partial charge in [0, 0.05) is 48.4 Å². The third kappa shape index (κ3) is 5.89. The number of nitrogens with one attached hydrogen (secondary N) is 2. The number of pyridine rings is 1. The number of benzene rings is 2. The Labute approximate surface area is 260 Å². The predicted octanol–water partition coefficient (Wildman–Crippen LogP) is 6.71. The van der Waals surface area contributed by atoms with Gasteiger partial charge in [0.05, 0.1) is 22.8 Å². The summed E-state index contributed by atoms with van der Waals surface area (Å²) >= 11 is 0. The van der Waals surface area contributed by atoms with Gasteiger partial charge in [-0.3, -0.25) is 14.0 Å². The van der Waals surface area contributed by atoms with Gasteiger partial charge in [-0.15, -0.1) is 0 Å². The molecule has 0 bridgehead atoms. The molecule has 0 atom stereocenters. The molecule has 5 aromatic rings. The summed E-state index contributed by atoms with van der Waals surface area (Å²) in [6.45, 7) is 6.76. The number of fused-ring (bicyclic) bond motifs is 4. The van der Waals surface area contributed by atoms with Crippen LogP contribution in [0.2, 0.25) is 0 Å². The number of halogens is 5. The molecule has 13 heteroatoms. The first-order valence-corrected chi connectivity index (χ1v) is 14.5. The monoisotopic (exact) mass is 636 g/mol. The van der Waals surface area contributed by atoms with Gasteiger partial charge in [-0.2, -0.15) is 13.2 Å². The number of rotatable bonds is 7. The summed E-state index contributed by atoms with van der Waals surface area (Å²) in [6, 6.07) is 6.95. The zero-order valence-electron chi connectivity index (χ0n) is 25.1. The molecular formula is C33H29F5N6O2. The molecule has 2 aromatic carbocycles. The number of aryl methyl sites for hydroxylation is 2. The van der Waals surface area contributed by atoms with E-state index in [4.69, 9.17) is 0 Å². The zero-order chi connectivity index (χ0) is 33.0. The van der Waals surface area contributed by atoms with Crippen LogP contribution >= 0.6 is 0 Å². The van der Waals surface area contributed by atoms with Gasteiger partial charge in [0.25, 0.3) is 0 Å². The van der Waals surface area contributed by atoms with Crippen molar-refractivity contribution in [1.82, 2.24) is 24.3 Å². The molecule has 0 aliphatic carbocycles. The largest absolute Gasteiger partial charge is 0.417 e. The lowest BCUT2D eigenvalue weighted by Gasteiger charge is -2.18. The quantitative estimate of drug-likeness (QED) is 0.118. The average molecular weight is 637 g/mol. The number of imidazole rings is 2. The fraction of sp³-hybridized carbons (Fsp3) is 0.273. The number of anilines is 1. The smallest absolute Gasteiger partial charge is 0.328 e. The second kappa shape index (κ2) is 11.5. The minimum absolute atomic E-state index is 0.0417. The van der Waals surface area contributed by atoms with Gasteiger partial charge >= 0.3 is 6.18 Å². The van der Waals surface area contributed by atoms with E-state index in [1.807, 2.05) is 20.8 Å². The summed E-state index contributed by atoms with van der Waals surface area (Å²) in [5, 5.41) is 5.28. The molecule has 0 spiro atoms. The van der Waals surface area contributed by atoms with E-state index >= 15 is 0 Å². The van der Waals surface area contributed by atoms with Gasteiger partial charge < -0.3 is 15.2 Å². The van der Waals surface area contributed by atoms with E-state index < -0.39 is 40.8 Å². The van der Waals surface area contributed by atoms with E-state index in [-0.39, 0.29) is 33.6 Å². The summed E-state index contributed by atoms with van der Waals surface area (Å²) in [5.74, 6) is -3.23. The van der Waals surface area contributed by atoms with Gasteiger partial charge in [-0.05, 0) is 69.2 Å². The minimum Gasteiger partial charge on any atom is -0.328 e. The first-order chi connectivity index (χ1) is 21.7. The Morgan fingerprint density at radius 1 is 1.04 bits per heavy atom. The van der Waals surface area contributed by atoms with Gasteiger partial charge in [0.2, 0.25) is 11.7 Å². The zero-order valence-corrected chi connectivity index (χ0v) is 25.1. The second-order valence-corrected chi connectivity index (χ2v) is 12.1. The lowest BCUT2D eigenvalue weighted by molar-refractivity contribution is -0.137. The summed E-state index contributed by atoms with van der Waals surface area (Å²) in [4.78, 5) is 34.4. The van der Waals surface area contributed by atoms with Crippen LogP contribution in [0, 0.1) is 11.6 Å². The van der Waals surface area contributed by atoms with Gasteiger partial charge in [0.15, 0.2) is 0 Å². The van der Waals surface area contributed by atoms with Crippen molar-refractivity contribution in [2.75, 3.05) is 11.9 Å². The highest BCUT2D eigenvalue weighted by molar-refractivity contribution is 6.09. The van der Waals surface area contributed by atoms with Crippen molar-refractivity contribution < 1.29 is 31.5 Å². The molecule has 0 radical (unpaired) electrons. The first-order valence-electron chi connectivity index (χ1n) is 14.5. The molecule has 4 heterocycles. The normalized spacial score (nSPS) is 13.7. The van der Waals surface area contributed by atoms with Crippen molar-refractivity contribution in [3.05, 3.63) is 95.2 Å². The van der Waals surface area contributed by atoms with Crippen LogP contribution in [0.15, 0.2) is 60.9 Å². The molecule has 0 saturated heterocycles. The van der Waals surface area contributed by atoms with Crippen LogP contribution in [0.5, 0.6) is 0 Å². The van der Waals surface area contributed by atoms with Crippen LogP contribution in [-0.4, -0.2) is 42.7 Å². The number of carbonyl (C=O) groups is 2. The highest BCUT2D eigenvalue weighted by atomic mass is 19.4. The highest BCUT2D eigenvalue weighted by Crippen LogP contribution is 2.41. The maximum absolute atomic E-state index is 15.0. The van der Waals surface area contributed by atoms with E-state index in [1.165, 1.54) is 34.9 Å². The van der Waals surface area contributed by atoms with E-state index in [9.17, 15) is 31.5 Å². The Morgan fingerprint density at radius 2 is 1.78 bits per heavy atom. The standard InChI is InChI=1S/C33H29F5N6O2/c1-32(2,3)40-10-4-9-28(45)42-29-22(34)13-18(14-23(29)35)30(46)26-17-39-31-19(7-5-12-44(26)31)20-15-24-25(16-21(20)33(36,37)38)43-11-6-8-27(43)41-24/h4-5,7,9,12-17,40H,6,8,10-11H2,1-3H3,(H,42,45)/b9-4+. The van der Waals surface area contributed by atoms with Crippen molar-refractivity contribution in [2.24, 2.45) is 0 Å². The first kappa shape index (κ1) is 31.1. The Balaban J connectivity index is 1.32. The Kier molecular flexibility index (Phi) is 7.75. The van der Waals surface area contributed by atoms with Crippen molar-refractivity contribution in [2.45, 2.75) is 51.9 Å². The average Bonchev–Trinajstić information content (AvgIpc) is 3.70. The van der Waals surface area contributed by atoms with E-state index in [2.05, 4.69) is 20.6 Å². The number of hydrogen-bond donors (Lipinski definition) is 2. The molecule has 8 nitrogen and oxygen atoms in total. The number of alkyl halides is 3. The predicted molar refractivity (Wildman–Crippen MR) is 163 cm³/mol. The van der Waals surface area contributed by atoms with Crippen LogP contribution in [0.4, 0.5) is 27.6 Å². The van der Waals surface area contributed by atoms with Gasteiger partial charge in [-0.1, -0.05) is 6.08 Å². The third-order valence-electron chi connectivity index (χ3n) is 7.68. The molecule has 3 aromatic heterocycles. The number of amides is 1. The molecule has 46 heavy (non-hydrogen) atoms. The maximum Gasteiger partial charge on any atom is 0.417 e. The number of nitrogens with zero attached hydrogens (tertiary/aromatic N) is 4. The van der Waals surface area contributed by atoms with E-state index in [1.54, 1.807) is 4.57 Å². The van der Waals surface area contributed by atoms with Crippen LogP contribution in [0.1, 0.15) is 54.6 Å². The maximum atomic E-state index is 15.0. The highest BCUT2D eigenvalue weighted by Gasteiger charge is 2.36. The molecule has 1 aliphatic rings. The SMILES string of the molecule is CC(C)(C)NC/C=C/C(=O)Nc1c(F)cc(C(=O)c2cnc3c(-c4cc5nc6n(c5cc4C(F)(F)F)CCC6)cccn23)cc1F. The molecule has 0 saturated carbocycles. The molecule has 0 unspecified atom stereocenters. The van der Waals surface area contributed by atoms with Crippen molar-refractivity contribution in [1.29, 1.82) is 0 Å². The van der Waals surface area contributed by atoms with Crippen LogP contribution in [0.25, 0.3) is 27.8 Å². The van der Waals surface area contributed by atoms with Crippen LogP contribution in [0.3, 0.4) is 0 Å². The molecular weight excluding hydrogens is 607 g/mol. The molecule has 1 amide bonds.